The van der Waals surface area contributed by atoms with Crippen LogP contribution in [-0.4, -0.2) is 23.8 Å². The first-order valence-corrected chi connectivity index (χ1v) is 9.03. The SMILES string of the molecule is NC/C=C(\C=N/c1cc(I)cs1)NC(=O)Nc1ccnc(C(F)(F)F)c1. The number of hydrogen-bond acceptors (Lipinski definition) is 5. The van der Waals surface area contributed by atoms with Crippen LogP contribution in [0.15, 0.2) is 46.5 Å². The summed E-state index contributed by atoms with van der Waals surface area (Å²) in [6.45, 7) is 0.150. The van der Waals surface area contributed by atoms with Crippen LogP contribution in [0.4, 0.5) is 28.7 Å². The van der Waals surface area contributed by atoms with Crippen molar-refractivity contribution in [1.29, 1.82) is 0 Å². The number of urea groups is 1. The molecule has 4 N–H and O–H groups in total. The van der Waals surface area contributed by atoms with Crippen molar-refractivity contribution in [3.8, 4) is 0 Å². The highest BCUT2D eigenvalue weighted by atomic mass is 127. The summed E-state index contributed by atoms with van der Waals surface area (Å²) in [5.41, 5.74) is 4.64. The second-order valence-corrected chi connectivity index (χ2v) is 6.90. The molecule has 2 aromatic rings. The zero-order chi connectivity index (χ0) is 19.2. The summed E-state index contributed by atoms with van der Waals surface area (Å²) in [4.78, 5) is 19.5. The van der Waals surface area contributed by atoms with Crippen LogP contribution in [0.1, 0.15) is 5.69 Å². The van der Waals surface area contributed by atoms with Crippen LogP contribution >= 0.6 is 33.9 Å². The maximum atomic E-state index is 12.6. The van der Waals surface area contributed by atoms with Gasteiger partial charge >= 0.3 is 12.2 Å². The molecular formula is C15H13F3IN5OS. The molecule has 0 aromatic carbocycles. The lowest BCUT2D eigenvalue weighted by Gasteiger charge is -2.10. The average Bonchev–Trinajstić information content (AvgIpc) is 2.98. The first-order chi connectivity index (χ1) is 12.3. The lowest BCUT2D eigenvalue weighted by Crippen LogP contribution is -2.29. The van der Waals surface area contributed by atoms with Crippen LogP contribution in [0.5, 0.6) is 0 Å². The quantitative estimate of drug-likeness (QED) is 0.430. The van der Waals surface area contributed by atoms with E-state index in [1.165, 1.54) is 29.7 Å². The second kappa shape index (κ2) is 9.09. The van der Waals surface area contributed by atoms with Crippen molar-refractivity contribution < 1.29 is 18.0 Å². The number of anilines is 1. The minimum Gasteiger partial charge on any atom is -0.327 e. The van der Waals surface area contributed by atoms with Crippen molar-refractivity contribution in [2.24, 2.45) is 10.7 Å². The van der Waals surface area contributed by atoms with Gasteiger partial charge in [0, 0.05) is 27.4 Å². The Kier molecular flexibility index (Phi) is 7.11. The van der Waals surface area contributed by atoms with Gasteiger partial charge in [0.1, 0.15) is 10.7 Å². The average molecular weight is 495 g/mol. The fourth-order valence-corrected chi connectivity index (χ4v) is 3.22. The number of aliphatic imine (C=N–C) groups is 1. The van der Waals surface area contributed by atoms with Crippen LogP contribution in [0.25, 0.3) is 0 Å². The van der Waals surface area contributed by atoms with Crippen LogP contribution in [0, 0.1) is 3.57 Å². The maximum absolute atomic E-state index is 12.6. The lowest BCUT2D eigenvalue weighted by atomic mass is 10.3. The molecule has 0 bridgehead atoms. The Morgan fingerprint density at radius 3 is 2.81 bits per heavy atom. The van der Waals surface area contributed by atoms with Gasteiger partial charge in [0.15, 0.2) is 0 Å². The monoisotopic (exact) mass is 495 g/mol. The van der Waals surface area contributed by atoms with E-state index in [-0.39, 0.29) is 12.2 Å². The van der Waals surface area contributed by atoms with E-state index in [2.05, 4.69) is 43.2 Å². The zero-order valence-electron chi connectivity index (χ0n) is 13.0. The molecule has 2 aromatic heterocycles. The minimum absolute atomic E-state index is 0.0401. The molecule has 0 radical (unpaired) electrons. The molecule has 0 aliphatic rings. The van der Waals surface area contributed by atoms with Gasteiger partial charge in [-0.15, -0.1) is 11.3 Å². The van der Waals surface area contributed by atoms with Crippen molar-refractivity contribution in [1.82, 2.24) is 10.3 Å². The number of nitrogens with zero attached hydrogens (tertiary/aromatic N) is 2. The molecule has 26 heavy (non-hydrogen) atoms. The summed E-state index contributed by atoms with van der Waals surface area (Å²) in [5, 5.41) is 7.46. The van der Waals surface area contributed by atoms with Gasteiger partial charge in [0.2, 0.25) is 0 Å². The van der Waals surface area contributed by atoms with E-state index < -0.39 is 17.9 Å². The third-order valence-corrected chi connectivity index (χ3v) is 4.67. The molecule has 0 unspecified atom stereocenters. The molecule has 0 spiro atoms. The number of halogens is 4. The highest BCUT2D eigenvalue weighted by molar-refractivity contribution is 14.1. The van der Waals surface area contributed by atoms with Gasteiger partial charge in [-0.3, -0.25) is 4.98 Å². The summed E-state index contributed by atoms with van der Waals surface area (Å²) < 4.78 is 39.0. The lowest BCUT2D eigenvalue weighted by molar-refractivity contribution is -0.141. The summed E-state index contributed by atoms with van der Waals surface area (Å²) in [6.07, 6.45) is -0.685. The van der Waals surface area contributed by atoms with Gasteiger partial charge in [-0.25, -0.2) is 9.79 Å². The molecule has 0 atom stereocenters. The predicted molar refractivity (Wildman–Crippen MR) is 104 cm³/mol. The number of pyridine rings is 1. The van der Waals surface area contributed by atoms with E-state index in [9.17, 15) is 18.0 Å². The fraction of sp³-hybridized carbons (Fsp3) is 0.133. The maximum Gasteiger partial charge on any atom is 0.433 e. The molecule has 2 heterocycles. The van der Waals surface area contributed by atoms with E-state index in [4.69, 9.17) is 5.73 Å². The molecule has 138 valence electrons. The topological polar surface area (TPSA) is 92.4 Å². The Balaban J connectivity index is 2.04. The summed E-state index contributed by atoms with van der Waals surface area (Å²) in [5.74, 6) is 0. The summed E-state index contributed by atoms with van der Waals surface area (Å²) in [6, 6.07) is 3.13. The number of allylic oxidation sites excluding steroid dienone is 1. The van der Waals surface area contributed by atoms with Gasteiger partial charge in [0.25, 0.3) is 0 Å². The van der Waals surface area contributed by atoms with E-state index in [0.717, 1.165) is 20.8 Å². The van der Waals surface area contributed by atoms with Crippen molar-refractivity contribution in [3.05, 3.63) is 50.8 Å². The smallest absolute Gasteiger partial charge is 0.327 e. The van der Waals surface area contributed by atoms with Gasteiger partial charge < -0.3 is 16.4 Å². The van der Waals surface area contributed by atoms with Crippen LogP contribution < -0.4 is 16.4 Å². The Morgan fingerprint density at radius 1 is 1.42 bits per heavy atom. The van der Waals surface area contributed by atoms with E-state index in [1.54, 1.807) is 0 Å². The molecule has 11 heteroatoms. The molecule has 2 amide bonds. The molecule has 0 aliphatic carbocycles. The molecule has 0 aliphatic heterocycles. The van der Waals surface area contributed by atoms with Gasteiger partial charge in [0.05, 0.1) is 11.9 Å². The van der Waals surface area contributed by atoms with Crippen molar-refractivity contribution in [2.45, 2.75) is 6.18 Å². The number of nitrogens with two attached hydrogens (primary N) is 1. The van der Waals surface area contributed by atoms with Crippen LogP contribution in [0.3, 0.4) is 0 Å². The highest BCUT2D eigenvalue weighted by Crippen LogP contribution is 2.28. The second-order valence-electron chi connectivity index (χ2n) is 4.76. The van der Waals surface area contributed by atoms with E-state index in [1.807, 2.05) is 11.4 Å². The number of alkyl halides is 3. The molecular weight excluding hydrogens is 482 g/mol. The van der Waals surface area contributed by atoms with Gasteiger partial charge in [-0.2, -0.15) is 13.2 Å². The number of carbonyl (C=O) groups is 1. The van der Waals surface area contributed by atoms with Crippen molar-refractivity contribution >= 4 is 56.9 Å². The predicted octanol–water partition coefficient (Wildman–Crippen LogP) is 4.13. The number of amides is 2. The fourth-order valence-electron chi connectivity index (χ4n) is 1.72. The molecule has 0 saturated heterocycles. The number of hydrogen-bond donors (Lipinski definition) is 3. The Bertz CT molecular complexity index is 835. The normalized spacial score (nSPS) is 12.4. The largest absolute Gasteiger partial charge is 0.433 e. The Labute approximate surface area is 164 Å². The summed E-state index contributed by atoms with van der Waals surface area (Å²) in [7, 11) is 0. The van der Waals surface area contributed by atoms with Gasteiger partial charge in [-0.1, -0.05) is 0 Å². The zero-order valence-corrected chi connectivity index (χ0v) is 16.0. The van der Waals surface area contributed by atoms with Crippen molar-refractivity contribution in [2.75, 3.05) is 11.9 Å². The summed E-state index contributed by atoms with van der Waals surface area (Å²) >= 11 is 3.58. The van der Waals surface area contributed by atoms with Crippen molar-refractivity contribution in [3.63, 3.8) is 0 Å². The number of carbonyl (C=O) groups excluding carboxylic acids is 1. The number of thiophene rings is 1. The van der Waals surface area contributed by atoms with E-state index >= 15 is 0 Å². The third-order valence-electron chi connectivity index (χ3n) is 2.79. The first kappa shape index (κ1) is 20.3. The van der Waals surface area contributed by atoms with E-state index in [0.29, 0.717) is 5.70 Å². The molecule has 2 rings (SSSR count). The highest BCUT2D eigenvalue weighted by Gasteiger charge is 2.32. The molecule has 0 fully saturated rings. The first-order valence-electron chi connectivity index (χ1n) is 7.07. The molecule has 6 nitrogen and oxygen atoms in total. The minimum atomic E-state index is -4.59. The Morgan fingerprint density at radius 2 is 2.19 bits per heavy atom. The van der Waals surface area contributed by atoms with Crippen LogP contribution in [-0.2, 0) is 6.18 Å². The molecule has 0 saturated carbocycles. The standard InChI is InChI=1S/C15H13F3IN5OS/c16-15(17,18)12-6-10(2-4-21-12)23-14(25)24-11(1-3-20)7-22-13-5-9(19)8-26-13/h1-2,4-8H,3,20H2,(H2,21,23,24,25)/b11-1+,22-7-. The number of aromatic nitrogens is 1. The van der Waals surface area contributed by atoms with Crippen LogP contribution in [0.2, 0.25) is 0 Å². The third kappa shape index (κ3) is 6.38. The number of rotatable bonds is 5. The number of nitrogens with one attached hydrogen (secondary N) is 2. The Hall–Kier alpha value is -1.99. The van der Waals surface area contributed by atoms with Gasteiger partial charge in [-0.05, 0) is 46.9 Å².